The zero-order valence-electron chi connectivity index (χ0n) is 18.4. The summed E-state index contributed by atoms with van der Waals surface area (Å²) in [6, 6.07) is 39.9. The summed E-state index contributed by atoms with van der Waals surface area (Å²) in [6.45, 7) is 4.44. The fraction of sp³-hybridized carbons (Fsp3) is 0.0625. The van der Waals surface area contributed by atoms with Crippen LogP contribution in [0.3, 0.4) is 0 Å². The van der Waals surface area contributed by atoms with Crippen molar-refractivity contribution < 1.29 is 0 Å². The Labute approximate surface area is 188 Å². The lowest BCUT2D eigenvalue weighted by Gasteiger charge is -2.18. The maximum Gasteiger partial charge on any atom is -0.00699 e. The minimum Gasteiger partial charge on any atom is -0.0616 e. The van der Waals surface area contributed by atoms with Crippen molar-refractivity contribution in [2.75, 3.05) is 0 Å². The van der Waals surface area contributed by atoms with Crippen LogP contribution >= 0.6 is 0 Å². The summed E-state index contributed by atoms with van der Waals surface area (Å²) >= 11 is 0. The number of aryl methyl sites for hydroxylation is 2. The van der Waals surface area contributed by atoms with Gasteiger partial charge in [-0.05, 0) is 79.5 Å². The Morgan fingerprint density at radius 1 is 0.344 bits per heavy atom. The predicted octanol–water partition coefficient (Wildman–Crippen LogP) is 9.10. The van der Waals surface area contributed by atoms with Crippen LogP contribution in [0.25, 0.3) is 54.6 Å². The van der Waals surface area contributed by atoms with Crippen LogP contribution in [0.4, 0.5) is 0 Å². The summed E-state index contributed by atoms with van der Waals surface area (Å²) in [5.41, 5.74) is 7.89. The van der Waals surface area contributed by atoms with Gasteiger partial charge in [-0.2, -0.15) is 0 Å². The van der Waals surface area contributed by atoms with Crippen LogP contribution in [0.1, 0.15) is 11.1 Å². The molecular formula is C32H24. The van der Waals surface area contributed by atoms with E-state index in [1.165, 1.54) is 65.7 Å². The Hall–Kier alpha value is -3.90. The van der Waals surface area contributed by atoms with E-state index in [2.05, 4.69) is 123 Å². The molecule has 0 N–H and O–H groups in total. The first kappa shape index (κ1) is 18.8. The largest absolute Gasteiger partial charge is 0.0616 e. The van der Waals surface area contributed by atoms with Crippen molar-refractivity contribution in [1.29, 1.82) is 0 Å². The number of benzene rings is 6. The van der Waals surface area contributed by atoms with Gasteiger partial charge in [-0.3, -0.25) is 0 Å². The molecule has 0 spiro atoms. The van der Waals surface area contributed by atoms with Crippen LogP contribution in [0, 0.1) is 13.8 Å². The maximum atomic E-state index is 2.33. The first-order valence-electron chi connectivity index (χ1n) is 11.2. The molecule has 0 saturated carbocycles. The third-order valence-electron chi connectivity index (χ3n) is 6.74. The van der Waals surface area contributed by atoms with Gasteiger partial charge in [0.15, 0.2) is 0 Å². The van der Waals surface area contributed by atoms with Gasteiger partial charge in [0.2, 0.25) is 0 Å². The van der Waals surface area contributed by atoms with Gasteiger partial charge < -0.3 is 0 Å². The zero-order chi connectivity index (χ0) is 21.7. The van der Waals surface area contributed by atoms with Crippen molar-refractivity contribution in [3.8, 4) is 22.3 Å². The fourth-order valence-electron chi connectivity index (χ4n) is 5.21. The highest BCUT2D eigenvalue weighted by Crippen LogP contribution is 2.42. The van der Waals surface area contributed by atoms with E-state index in [1.54, 1.807) is 0 Å². The molecule has 6 aromatic carbocycles. The number of fused-ring (bicyclic) bond motifs is 3. The molecule has 0 aliphatic carbocycles. The Bertz CT molecular complexity index is 1510. The molecule has 0 aliphatic heterocycles. The molecule has 0 aromatic heterocycles. The third-order valence-corrected chi connectivity index (χ3v) is 6.74. The number of hydrogen-bond donors (Lipinski definition) is 0. The Morgan fingerprint density at radius 3 is 1.16 bits per heavy atom. The first-order chi connectivity index (χ1) is 15.7. The minimum absolute atomic E-state index is 1.28. The van der Waals surface area contributed by atoms with Crippen molar-refractivity contribution in [3.63, 3.8) is 0 Å². The molecule has 0 unspecified atom stereocenters. The molecule has 152 valence electrons. The van der Waals surface area contributed by atoms with Crippen LogP contribution in [-0.2, 0) is 0 Å². The second-order valence-corrected chi connectivity index (χ2v) is 8.66. The van der Waals surface area contributed by atoms with E-state index < -0.39 is 0 Å². The molecule has 0 atom stereocenters. The van der Waals surface area contributed by atoms with E-state index >= 15 is 0 Å². The first-order valence-corrected chi connectivity index (χ1v) is 11.2. The topological polar surface area (TPSA) is 0 Å². The van der Waals surface area contributed by atoms with Crippen molar-refractivity contribution in [1.82, 2.24) is 0 Å². The van der Waals surface area contributed by atoms with Gasteiger partial charge in [0, 0.05) is 0 Å². The monoisotopic (exact) mass is 408 g/mol. The minimum atomic E-state index is 1.28. The molecular weight excluding hydrogens is 384 g/mol. The smallest absolute Gasteiger partial charge is 0.00699 e. The average molecular weight is 409 g/mol. The number of hydrogen-bond acceptors (Lipinski definition) is 0. The molecule has 0 saturated heterocycles. The van der Waals surface area contributed by atoms with E-state index in [-0.39, 0.29) is 0 Å². The summed E-state index contributed by atoms with van der Waals surface area (Å²) in [7, 11) is 0. The molecule has 6 rings (SSSR count). The van der Waals surface area contributed by atoms with Gasteiger partial charge in [-0.1, -0.05) is 109 Å². The molecule has 0 fully saturated rings. The molecule has 0 bridgehead atoms. The van der Waals surface area contributed by atoms with Crippen LogP contribution < -0.4 is 0 Å². The molecule has 0 aliphatic rings. The van der Waals surface area contributed by atoms with Crippen molar-refractivity contribution >= 4 is 32.3 Å². The van der Waals surface area contributed by atoms with Crippen LogP contribution in [0.2, 0.25) is 0 Å². The average Bonchev–Trinajstić information content (AvgIpc) is 2.84. The van der Waals surface area contributed by atoms with Gasteiger partial charge in [-0.25, -0.2) is 0 Å². The normalized spacial score (nSPS) is 11.4. The Morgan fingerprint density at radius 2 is 0.719 bits per heavy atom. The zero-order valence-corrected chi connectivity index (χ0v) is 18.4. The molecule has 0 radical (unpaired) electrons. The molecule has 0 heterocycles. The third kappa shape index (κ3) is 2.84. The van der Waals surface area contributed by atoms with Gasteiger partial charge >= 0.3 is 0 Å². The maximum absolute atomic E-state index is 2.33. The lowest BCUT2D eigenvalue weighted by Crippen LogP contribution is -1.92. The van der Waals surface area contributed by atoms with E-state index in [0.29, 0.717) is 0 Å². The van der Waals surface area contributed by atoms with Crippen molar-refractivity contribution in [2.45, 2.75) is 13.8 Å². The Balaban J connectivity index is 1.71. The second-order valence-electron chi connectivity index (χ2n) is 8.66. The second kappa shape index (κ2) is 7.35. The van der Waals surface area contributed by atoms with E-state index in [9.17, 15) is 0 Å². The van der Waals surface area contributed by atoms with Gasteiger partial charge in [0.1, 0.15) is 0 Å². The van der Waals surface area contributed by atoms with Gasteiger partial charge in [-0.15, -0.1) is 0 Å². The summed E-state index contributed by atoms with van der Waals surface area (Å²) in [5, 5.41) is 7.80. The Kier molecular flexibility index (Phi) is 4.33. The summed E-state index contributed by atoms with van der Waals surface area (Å²) in [6.07, 6.45) is 0. The quantitative estimate of drug-likeness (QED) is 0.268. The molecule has 0 amide bonds. The van der Waals surface area contributed by atoms with E-state index in [0.717, 1.165) is 0 Å². The van der Waals surface area contributed by atoms with Gasteiger partial charge in [0.25, 0.3) is 0 Å². The molecule has 0 nitrogen and oxygen atoms in total. The summed E-state index contributed by atoms with van der Waals surface area (Å²) in [4.78, 5) is 0. The lowest BCUT2D eigenvalue weighted by atomic mass is 9.86. The highest BCUT2D eigenvalue weighted by molar-refractivity contribution is 6.13. The molecule has 32 heavy (non-hydrogen) atoms. The van der Waals surface area contributed by atoms with Crippen LogP contribution in [-0.4, -0.2) is 0 Å². The summed E-state index contributed by atoms with van der Waals surface area (Å²) in [5.74, 6) is 0. The number of rotatable bonds is 2. The van der Waals surface area contributed by atoms with Crippen molar-refractivity contribution in [3.05, 3.63) is 120 Å². The van der Waals surface area contributed by atoms with Crippen LogP contribution in [0.15, 0.2) is 109 Å². The van der Waals surface area contributed by atoms with E-state index in [1.807, 2.05) is 0 Å². The van der Waals surface area contributed by atoms with Gasteiger partial charge in [0.05, 0.1) is 0 Å². The summed E-state index contributed by atoms with van der Waals surface area (Å²) < 4.78 is 0. The SMILES string of the molecule is Cc1ccc2ccccc2c1-c1ccc(-c2c(C)ccc3ccccc23)c2ccccc12. The lowest BCUT2D eigenvalue weighted by molar-refractivity contribution is 1.48. The molecule has 0 heteroatoms. The highest BCUT2D eigenvalue weighted by atomic mass is 14.2. The highest BCUT2D eigenvalue weighted by Gasteiger charge is 2.15. The van der Waals surface area contributed by atoms with Crippen LogP contribution in [0.5, 0.6) is 0 Å². The van der Waals surface area contributed by atoms with E-state index in [4.69, 9.17) is 0 Å². The molecule has 6 aromatic rings. The fourth-order valence-corrected chi connectivity index (χ4v) is 5.21. The predicted molar refractivity (Wildman–Crippen MR) is 139 cm³/mol. The van der Waals surface area contributed by atoms with Crippen molar-refractivity contribution in [2.24, 2.45) is 0 Å². The standard InChI is InChI=1S/C32H24/c1-21-15-17-23-9-3-5-11-25(23)31(21)29-19-20-30(28-14-8-7-13-27(28)29)32-22(2)16-18-24-10-4-6-12-26(24)32/h3-20H,1-2H3.